The maximum Gasteiger partial charge on any atom is 0.0662 e. The first-order valence-corrected chi connectivity index (χ1v) is 4.53. The zero-order chi connectivity index (χ0) is 9.72. The van der Waals surface area contributed by atoms with E-state index in [4.69, 9.17) is 0 Å². The van der Waals surface area contributed by atoms with E-state index in [1.807, 2.05) is 6.92 Å². The molecule has 0 bridgehead atoms. The van der Waals surface area contributed by atoms with Crippen molar-refractivity contribution in [2.75, 3.05) is 20.6 Å². The third-order valence-corrected chi connectivity index (χ3v) is 2.34. The van der Waals surface area contributed by atoms with Gasteiger partial charge in [0.05, 0.1) is 6.10 Å². The van der Waals surface area contributed by atoms with Crippen LogP contribution in [0, 0.1) is 0 Å². The van der Waals surface area contributed by atoms with E-state index < -0.39 is 0 Å². The lowest BCUT2D eigenvalue weighted by atomic mass is 10.2. The van der Waals surface area contributed by atoms with Crippen molar-refractivity contribution in [3.63, 3.8) is 0 Å². The van der Waals surface area contributed by atoms with Gasteiger partial charge in [0.1, 0.15) is 0 Å². The maximum absolute atomic E-state index is 9.20. The summed E-state index contributed by atoms with van der Waals surface area (Å²) in [7, 11) is 4.11. The Bertz CT molecular complexity index is 101. The van der Waals surface area contributed by atoms with Crippen molar-refractivity contribution >= 4 is 0 Å². The van der Waals surface area contributed by atoms with Gasteiger partial charge in [-0.3, -0.25) is 0 Å². The molecule has 2 N–H and O–H groups in total. The molecule has 0 aliphatic heterocycles. The predicted octanol–water partition coefficient (Wildman–Crippen LogP) is 0.295. The number of hydrogen-bond donors (Lipinski definition) is 2. The highest BCUT2D eigenvalue weighted by Gasteiger charge is 2.10. The summed E-state index contributed by atoms with van der Waals surface area (Å²) in [5, 5.41) is 12.5. The van der Waals surface area contributed by atoms with Crippen LogP contribution in [0.2, 0.25) is 0 Å². The van der Waals surface area contributed by atoms with Crippen LogP contribution in [0.5, 0.6) is 0 Å². The molecule has 0 saturated heterocycles. The molecule has 74 valence electrons. The van der Waals surface area contributed by atoms with Crippen LogP contribution in [-0.2, 0) is 0 Å². The molecular formula is C9H22N2O. The first-order valence-electron chi connectivity index (χ1n) is 4.53. The van der Waals surface area contributed by atoms with Crippen molar-refractivity contribution < 1.29 is 5.11 Å². The zero-order valence-corrected chi connectivity index (χ0v) is 8.83. The molecule has 12 heavy (non-hydrogen) atoms. The molecule has 0 aliphatic rings. The molecular weight excluding hydrogens is 152 g/mol. The van der Waals surface area contributed by atoms with E-state index in [1.54, 1.807) is 6.92 Å². The van der Waals surface area contributed by atoms with Crippen molar-refractivity contribution in [2.24, 2.45) is 0 Å². The van der Waals surface area contributed by atoms with Crippen LogP contribution in [0.4, 0.5) is 0 Å². The number of likely N-dealkylation sites (N-methyl/N-ethyl adjacent to an activating group) is 1. The summed E-state index contributed by atoms with van der Waals surface area (Å²) < 4.78 is 0. The first-order chi connectivity index (χ1) is 5.45. The highest BCUT2D eigenvalue weighted by atomic mass is 16.3. The van der Waals surface area contributed by atoms with E-state index in [1.165, 1.54) is 0 Å². The molecule has 3 nitrogen and oxygen atoms in total. The van der Waals surface area contributed by atoms with E-state index in [0.717, 1.165) is 6.54 Å². The predicted molar refractivity (Wildman–Crippen MR) is 52.3 cm³/mol. The monoisotopic (exact) mass is 174 g/mol. The summed E-state index contributed by atoms with van der Waals surface area (Å²) in [5.41, 5.74) is 0. The Labute approximate surface area is 75.8 Å². The SMILES string of the molecule is CC(O)C(C)NCC(C)N(C)C. The van der Waals surface area contributed by atoms with Crippen LogP contribution in [0.1, 0.15) is 20.8 Å². The summed E-state index contributed by atoms with van der Waals surface area (Å²) >= 11 is 0. The highest BCUT2D eigenvalue weighted by molar-refractivity contribution is 4.70. The minimum Gasteiger partial charge on any atom is -0.392 e. The van der Waals surface area contributed by atoms with Gasteiger partial charge in [0.2, 0.25) is 0 Å². The second-order valence-corrected chi connectivity index (χ2v) is 3.75. The second kappa shape index (κ2) is 5.51. The molecule has 0 heterocycles. The average molecular weight is 174 g/mol. The van der Waals surface area contributed by atoms with Gasteiger partial charge in [-0.05, 0) is 34.9 Å². The van der Waals surface area contributed by atoms with Crippen molar-refractivity contribution in [3.05, 3.63) is 0 Å². The molecule has 0 radical (unpaired) electrons. The van der Waals surface area contributed by atoms with Crippen LogP contribution >= 0.6 is 0 Å². The van der Waals surface area contributed by atoms with Gasteiger partial charge in [-0.25, -0.2) is 0 Å². The topological polar surface area (TPSA) is 35.5 Å². The summed E-state index contributed by atoms with van der Waals surface area (Å²) in [4.78, 5) is 2.15. The molecule has 0 spiro atoms. The first kappa shape index (κ1) is 11.9. The largest absolute Gasteiger partial charge is 0.392 e. The Morgan fingerprint density at radius 2 is 1.75 bits per heavy atom. The fraction of sp³-hybridized carbons (Fsp3) is 1.00. The molecule has 0 aliphatic carbocycles. The fourth-order valence-electron chi connectivity index (χ4n) is 0.710. The van der Waals surface area contributed by atoms with Crippen molar-refractivity contribution in [1.29, 1.82) is 0 Å². The lowest BCUT2D eigenvalue weighted by Crippen LogP contribution is -2.43. The number of aliphatic hydroxyl groups excluding tert-OH is 1. The molecule has 3 heteroatoms. The number of aliphatic hydroxyl groups is 1. The van der Waals surface area contributed by atoms with Gasteiger partial charge in [0.15, 0.2) is 0 Å². The fourth-order valence-corrected chi connectivity index (χ4v) is 0.710. The lowest BCUT2D eigenvalue weighted by molar-refractivity contribution is 0.147. The molecule has 0 amide bonds. The maximum atomic E-state index is 9.20. The van der Waals surface area contributed by atoms with Gasteiger partial charge in [-0.2, -0.15) is 0 Å². The minimum atomic E-state index is -0.278. The summed E-state index contributed by atoms with van der Waals surface area (Å²) in [6, 6.07) is 0.679. The molecule has 0 aromatic carbocycles. The summed E-state index contributed by atoms with van der Waals surface area (Å²) in [5.74, 6) is 0. The van der Waals surface area contributed by atoms with E-state index in [-0.39, 0.29) is 12.1 Å². The normalized spacial score (nSPS) is 19.2. The number of hydrogen-bond acceptors (Lipinski definition) is 3. The molecule has 0 saturated carbocycles. The standard InChI is InChI=1S/C9H22N2O/c1-7(11(4)5)6-10-8(2)9(3)12/h7-10,12H,6H2,1-5H3. The van der Waals surface area contributed by atoms with Crippen LogP contribution in [0.25, 0.3) is 0 Å². The van der Waals surface area contributed by atoms with Crippen LogP contribution in [0.15, 0.2) is 0 Å². The smallest absolute Gasteiger partial charge is 0.0662 e. The van der Waals surface area contributed by atoms with Crippen LogP contribution in [-0.4, -0.2) is 48.8 Å². The average Bonchev–Trinajstić information content (AvgIpc) is 1.98. The van der Waals surface area contributed by atoms with Gasteiger partial charge < -0.3 is 15.3 Å². The van der Waals surface area contributed by atoms with Crippen molar-refractivity contribution in [2.45, 2.75) is 39.0 Å². The number of rotatable bonds is 5. The Kier molecular flexibility index (Phi) is 5.46. The molecule has 0 fully saturated rings. The minimum absolute atomic E-state index is 0.174. The third kappa shape index (κ3) is 4.70. The number of nitrogens with zero attached hydrogens (tertiary/aromatic N) is 1. The quantitative estimate of drug-likeness (QED) is 0.629. The van der Waals surface area contributed by atoms with E-state index in [2.05, 4.69) is 31.2 Å². The van der Waals surface area contributed by atoms with Gasteiger partial charge in [0.25, 0.3) is 0 Å². The summed E-state index contributed by atoms with van der Waals surface area (Å²) in [6.45, 7) is 6.87. The Morgan fingerprint density at radius 3 is 2.08 bits per heavy atom. The molecule has 3 atom stereocenters. The highest BCUT2D eigenvalue weighted by Crippen LogP contribution is 1.93. The molecule has 3 unspecified atom stereocenters. The summed E-state index contributed by atoms with van der Waals surface area (Å²) in [6.07, 6.45) is -0.278. The van der Waals surface area contributed by atoms with Crippen molar-refractivity contribution in [3.8, 4) is 0 Å². The Hall–Kier alpha value is -0.120. The Morgan fingerprint density at radius 1 is 1.25 bits per heavy atom. The van der Waals surface area contributed by atoms with Crippen LogP contribution < -0.4 is 5.32 Å². The van der Waals surface area contributed by atoms with Crippen molar-refractivity contribution in [1.82, 2.24) is 10.2 Å². The molecule has 0 rings (SSSR count). The third-order valence-electron chi connectivity index (χ3n) is 2.34. The molecule has 0 aromatic heterocycles. The van der Waals surface area contributed by atoms with Gasteiger partial charge >= 0.3 is 0 Å². The van der Waals surface area contributed by atoms with E-state index >= 15 is 0 Å². The van der Waals surface area contributed by atoms with E-state index in [9.17, 15) is 5.11 Å². The number of nitrogens with one attached hydrogen (secondary N) is 1. The van der Waals surface area contributed by atoms with Gasteiger partial charge in [-0.1, -0.05) is 0 Å². The second-order valence-electron chi connectivity index (χ2n) is 3.75. The Balaban J connectivity index is 3.54. The van der Waals surface area contributed by atoms with Gasteiger partial charge in [-0.15, -0.1) is 0 Å². The lowest BCUT2D eigenvalue weighted by Gasteiger charge is -2.23. The molecule has 0 aromatic rings. The van der Waals surface area contributed by atoms with Crippen LogP contribution in [0.3, 0.4) is 0 Å². The van der Waals surface area contributed by atoms with E-state index in [0.29, 0.717) is 6.04 Å². The van der Waals surface area contributed by atoms with Gasteiger partial charge in [0, 0.05) is 18.6 Å². The zero-order valence-electron chi connectivity index (χ0n) is 8.83.